The van der Waals surface area contributed by atoms with Gasteiger partial charge in [-0.3, -0.25) is 0 Å². The Labute approximate surface area is 65.5 Å². The van der Waals surface area contributed by atoms with Gasteiger partial charge < -0.3 is 5.11 Å². The second-order valence-corrected chi connectivity index (χ2v) is 2.47. The summed E-state index contributed by atoms with van der Waals surface area (Å²) >= 11 is 0. The highest BCUT2D eigenvalue weighted by Crippen LogP contribution is 2.23. The van der Waals surface area contributed by atoms with Gasteiger partial charge in [0.05, 0.1) is 0 Å². The molecule has 0 saturated heterocycles. The van der Waals surface area contributed by atoms with Crippen LogP contribution in [0.1, 0.15) is 25.1 Å². The van der Waals surface area contributed by atoms with Gasteiger partial charge in [-0.1, -0.05) is 19.1 Å². The van der Waals surface area contributed by atoms with Crippen molar-refractivity contribution in [3.05, 3.63) is 29.8 Å². The first-order valence-corrected chi connectivity index (χ1v) is 3.67. The van der Waals surface area contributed by atoms with Crippen molar-refractivity contribution >= 4 is 0 Å². The van der Waals surface area contributed by atoms with Gasteiger partial charge in [0.25, 0.3) is 0 Å². The van der Waals surface area contributed by atoms with Crippen molar-refractivity contribution < 1.29 is 9.50 Å². The van der Waals surface area contributed by atoms with Gasteiger partial charge in [-0.15, -0.1) is 0 Å². The number of phenolic OH excluding ortho intramolecular Hbond substituents is 1. The van der Waals surface area contributed by atoms with Crippen LogP contribution in [0.4, 0.5) is 4.39 Å². The Morgan fingerprint density at radius 1 is 1.55 bits per heavy atom. The van der Waals surface area contributed by atoms with Crippen LogP contribution in [0.5, 0.6) is 5.75 Å². The number of phenols is 1. The average molecular weight is 154 g/mol. The minimum absolute atomic E-state index is 0.124. The number of aromatic hydroxyl groups is 1. The van der Waals surface area contributed by atoms with Gasteiger partial charge in [0.1, 0.15) is 11.9 Å². The molecule has 1 aromatic rings. The van der Waals surface area contributed by atoms with Crippen LogP contribution in [0.25, 0.3) is 0 Å². The quantitative estimate of drug-likeness (QED) is 0.694. The summed E-state index contributed by atoms with van der Waals surface area (Å²) in [5.74, 6) is 0.124. The molecule has 1 atom stereocenters. The summed E-state index contributed by atoms with van der Waals surface area (Å²) in [4.78, 5) is 0. The average Bonchev–Trinajstić information content (AvgIpc) is 2.03. The molecule has 0 saturated carbocycles. The van der Waals surface area contributed by atoms with Gasteiger partial charge in [-0.25, -0.2) is 4.39 Å². The van der Waals surface area contributed by atoms with E-state index in [4.69, 9.17) is 5.11 Å². The van der Waals surface area contributed by atoms with Crippen LogP contribution in [0.2, 0.25) is 0 Å². The Hall–Kier alpha value is -1.05. The monoisotopic (exact) mass is 154 g/mol. The summed E-state index contributed by atoms with van der Waals surface area (Å²) in [5, 5.41) is 8.99. The lowest BCUT2D eigenvalue weighted by Gasteiger charge is -2.04. The molecule has 0 aliphatic rings. The van der Waals surface area contributed by atoms with Crippen LogP contribution in [0, 0.1) is 0 Å². The van der Waals surface area contributed by atoms with Crippen LogP contribution in [0.3, 0.4) is 0 Å². The van der Waals surface area contributed by atoms with Crippen molar-refractivity contribution in [3.8, 4) is 5.75 Å². The van der Waals surface area contributed by atoms with E-state index in [9.17, 15) is 4.39 Å². The van der Waals surface area contributed by atoms with Crippen molar-refractivity contribution in [2.75, 3.05) is 0 Å². The summed E-state index contributed by atoms with van der Waals surface area (Å²) < 4.78 is 12.9. The third kappa shape index (κ3) is 1.93. The van der Waals surface area contributed by atoms with E-state index in [0.717, 1.165) is 0 Å². The van der Waals surface area contributed by atoms with E-state index in [1.54, 1.807) is 19.1 Å². The molecule has 0 radical (unpaired) electrons. The predicted octanol–water partition coefficient (Wildman–Crippen LogP) is 2.81. The molecule has 60 valence electrons. The van der Waals surface area contributed by atoms with Gasteiger partial charge in [-0.05, 0) is 24.1 Å². The fraction of sp³-hybridized carbons (Fsp3) is 0.333. The molecule has 0 fully saturated rings. The molecular formula is C9H11FO. The van der Waals surface area contributed by atoms with Gasteiger partial charge in [0, 0.05) is 0 Å². The molecule has 1 nitrogen and oxygen atoms in total. The second-order valence-electron chi connectivity index (χ2n) is 2.47. The van der Waals surface area contributed by atoms with E-state index < -0.39 is 6.17 Å². The van der Waals surface area contributed by atoms with Gasteiger partial charge >= 0.3 is 0 Å². The Morgan fingerprint density at radius 2 is 2.27 bits per heavy atom. The maximum atomic E-state index is 12.9. The van der Waals surface area contributed by atoms with Crippen LogP contribution in [-0.4, -0.2) is 5.11 Å². The first kappa shape index (κ1) is 8.05. The van der Waals surface area contributed by atoms with Crippen LogP contribution >= 0.6 is 0 Å². The molecule has 1 rings (SSSR count). The number of hydrogen-bond donors (Lipinski definition) is 1. The molecule has 1 aromatic carbocycles. The van der Waals surface area contributed by atoms with Crippen molar-refractivity contribution in [2.24, 2.45) is 0 Å². The normalized spacial score (nSPS) is 12.9. The van der Waals surface area contributed by atoms with E-state index in [1.807, 2.05) is 0 Å². The Kier molecular flexibility index (Phi) is 2.47. The maximum Gasteiger partial charge on any atom is 0.125 e. The number of alkyl halides is 1. The Morgan fingerprint density at radius 3 is 2.82 bits per heavy atom. The molecule has 0 spiro atoms. The summed E-state index contributed by atoms with van der Waals surface area (Å²) in [6, 6.07) is 6.31. The van der Waals surface area contributed by atoms with E-state index in [0.29, 0.717) is 12.0 Å². The van der Waals surface area contributed by atoms with Gasteiger partial charge in [0.15, 0.2) is 0 Å². The number of benzene rings is 1. The van der Waals surface area contributed by atoms with Gasteiger partial charge in [-0.2, -0.15) is 0 Å². The summed E-state index contributed by atoms with van der Waals surface area (Å²) in [6.07, 6.45) is -0.509. The Balaban J connectivity index is 2.86. The molecule has 0 amide bonds. The lowest BCUT2D eigenvalue weighted by Crippen LogP contribution is -1.87. The summed E-state index contributed by atoms with van der Waals surface area (Å²) in [6.45, 7) is 1.77. The molecule has 11 heavy (non-hydrogen) atoms. The van der Waals surface area contributed by atoms with Gasteiger partial charge in [0.2, 0.25) is 0 Å². The minimum Gasteiger partial charge on any atom is -0.508 e. The number of hydrogen-bond acceptors (Lipinski definition) is 1. The highest BCUT2D eigenvalue weighted by atomic mass is 19.1. The zero-order valence-corrected chi connectivity index (χ0v) is 6.42. The number of halogens is 1. The number of rotatable bonds is 2. The fourth-order valence-electron chi connectivity index (χ4n) is 0.955. The first-order valence-electron chi connectivity index (χ1n) is 3.67. The molecule has 1 N–H and O–H groups in total. The van der Waals surface area contributed by atoms with Crippen LogP contribution in [0.15, 0.2) is 24.3 Å². The SMILES string of the molecule is CCC(F)c1cccc(O)c1. The summed E-state index contributed by atoms with van der Waals surface area (Å²) in [7, 11) is 0. The van der Waals surface area contributed by atoms with E-state index in [1.165, 1.54) is 12.1 Å². The molecule has 0 bridgehead atoms. The summed E-state index contributed by atoms with van der Waals surface area (Å²) in [5.41, 5.74) is 0.549. The standard InChI is InChI=1S/C9H11FO/c1-2-9(10)7-4-3-5-8(11)6-7/h3-6,9,11H,2H2,1H3. The molecule has 0 heterocycles. The smallest absolute Gasteiger partial charge is 0.125 e. The molecule has 1 unspecified atom stereocenters. The third-order valence-corrected chi connectivity index (χ3v) is 1.59. The predicted molar refractivity (Wildman–Crippen MR) is 42.2 cm³/mol. The van der Waals surface area contributed by atoms with Crippen molar-refractivity contribution in [1.82, 2.24) is 0 Å². The second kappa shape index (κ2) is 3.37. The fourth-order valence-corrected chi connectivity index (χ4v) is 0.955. The highest BCUT2D eigenvalue weighted by molar-refractivity contribution is 5.28. The van der Waals surface area contributed by atoms with Crippen LogP contribution < -0.4 is 0 Å². The zero-order chi connectivity index (χ0) is 8.27. The molecule has 0 aliphatic heterocycles. The highest BCUT2D eigenvalue weighted by Gasteiger charge is 2.05. The lowest BCUT2D eigenvalue weighted by molar-refractivity contribution is 0.333. The minimum atomic E-state index is -0.956. The molecular weight excluding hydrogens is 143 g/mol. The lowest BCUT2D eigenvalue weighted by atomic mass is 10.1. The largest absolute Gasteiger partial charge is 0.508 e. The zero-order valence-electron chi connectivity index (χ0n) is 6.42. The Bertz CT molecular complexity index is 235. The van der Waals surface area contributed by atoms with E-state index in [-0.39, 0.29) is 5.75 Å². The van der Waals surface area contributed by atoms with Crippen molar-refractivity contribution in [1.29, 1.82) is 0 Å². The van der Waals surface area contributed by atoms with E-state index in [2.05, 4.69) is 0 Å². The van der Waals surface area contributed by atoms with E-state index >= 15 is 0 Å². The third-order valence-electron chi connectivity index (χ3n) is 1.59. The van der Waals surface area contributed by atoms with Crippen LogP contribution in [-0.2, 0) is 0 Å². The van der Waals surface area contributed by atoms with Crippen molar-refractivity contribution in [3.63, 3.8) is 0 Å². The molecule has 2 heteroatoms. The molecule has 0 aliphatic carbocycles. The first-order chi connectivity index (χ1) is 5.24. The maximum absolute atomic E-state index is 12.9. The molecule has 0 aromatic heterocycles. The van der Waals surface area contributed by atoms with Crippen molar-refractivity contribution in [2.45, 2.75) is 19.5 Å². The topological polar surface area (TPSA) is 20.2 Å².